The van der Waals surface area contributed by atoms with Crippen LogP contribution in [0.5, 0.6) is 0 Å². The van der Waals surface area contributed by atoms with Crippen molar-refractivity contribution in [3.8, 4) is 22.4 Å². The van der Waals surface area contributed by atoms with E-state index in [2.05, 4.69) is 84.4 Å². The fourth-order valence-corrected chi connectivity index (χ4v) is 5.33. The van der Waals surface area contributed by atoms with E-state index in [1.54, 1.807) is 0 Å². The van der Waals surface area contributed by atoms with Gasteiger partial charge in [-0.3, -0.25) is 9.69 Å². The molecule has 0 aliphatic carbocycles. The smallest absolute Gasteiger partial charge is 0.245 e. The van der Waals surface area contributed by atoms with Gasteiger partial charge >= 0.3 is 0 Å². The summed E-state index contributed by atoms with van der Waals surface area (Å²) in [6.45, 7) is 6.65. The molecule has 4 aromatic rings. The largest absolute Gasteiger partial charge is 0.340 e. The zero-order chi connectivity index (χ0) is 24.9. The first-order valence-corrected chi connectivity index (χ1v) is 13.0. The van der Waals surface area contributed by atoms with Gasteiger partial charge in [0.1, 0.15) is 11.9 Å². The molecule has 5 nitrogen and oxygen atoms in total. The van der Waals surface area contributed by atoms with Crippen LogP contribution < -0.4 is 0 Å². The Hall–Kier alpha value is -3.70. The topological polar surface area (TPSA) is 52.2 Å². The van der Waals surface area contributed by atoms with Crippen molar-refractivity contribution in [1.29, 1.82) is 0 Å². The van der Waals surface area contributed by atoms with Crippen molar-refractivity contribution < 1.29 is 4.79 Å². The molecule has 36 heavy (non-hydrogen) atoms. The molecule has 1 unspecified atom stereocenters. The number of amides is 1. The van der Waals surface area contributed by atoms with Crippen LogP contribution in [-0.2, 0) is 4.79 Å². The lowest BCUT2D eigenvalue weighted by atomic mass is 10.0. The first kappa shape index (κ1) is 24.0. The Labute approximate surface area is 213 Å². The number of likely N-dealkylation sites (tertiary alicyclic amines) is 1. The third-order valence-corrected chi connectivity index (χ3v) is 7.28. The van der Waals surface area contributed by atoms with Gasteiger partial charge in [0.15, 0.2) is 0 Å². The van der Waals surface area contributed by atoms with Gasteiger partial charge in [-0.2, -0.15) is 0 Å². The summed E-state index contributed by atoms with van der Waals surface area (Å²) < 4.78 is 0. The fraction of sp³-hybridized carbons (Fsp3) is 0.290. The molecule has 0 spiro atoms. The predicted octanol–water partition coefficient (Wildman–Crippen LogP) is 6.49. The molecule has 3 aromatic carbocycles. The van der Waals surface area contributed by atoms with Crippen molar-refractivity contribution >= 4 is 5.91 Å². The molecule has 5 heteroatoms. The Kier molecular flexibility index (Phi) is 7.28. The summed E-state index contributed by atoms with van der Waals surface area (Å²) in [7, 11) is 0. The van der Waals surface area contributed by atoms with Gasteiger partial charge in [-0.15, -0.1) is 0 Å². The van der Waals surface area contributed by atoms with Crippen LogP contribution in [0.3, 0.4) is 0 Å². The Morgan fingerprint density at radius 3 is 2.19 bits per heavy atom. The number of H-pyrrole nitrogens is 1. The van der Waals surface area contributed by atoms with Gasteiger partial charge in [-0.1, -0.05) is 98.8 Å². The Balaban J connectivity index is 1.38. The number of aromatic nitrogens is 2. The predicted molar refractivity (Wildman–Crippen MR) is 145 cm³/mol. The monoisotopic (exact) mass is 478 g/mol. The molecular weight excluding hydrogens is 444 g/mol. The first-order chi connectivity index (χ1) is 17.7. The molecule has 1 amide bonds. The molecular formula is C31H34N4O. The highest BCUT2D eigenvalue weighted by Crippen LogP contribution is 2.35. The standard InChI is InChI=1S/C31H34N4O/c1-3-34(4-2)29(26-14-9-6-10-15-26)31(36)35-21-11-16-28(35)30-32-22-27(33-30)25-19-17-24(18-20-25)23-12-7-5-8-13-23/h5-10,12-15,17-20,22,28-29H,3-4,11,16,21H2,1-2H3,(H,32,33)/t28?,29-/m0/s1. The summed E-state index contributed by atoms with van der Waals surface area (Å²) in [5.74, 6) is 1.03. The summed E-state index contributed by atoms with van der Waals surface area (Å²) in [6.07, 6.45) is 3.80. The van der Waals surface area contributed by atoms with Crippen molar-refractivity contribution in [2.24, 2.45) is 0 Å². The lowest BCUT2D eigenvalue weighted by Gasteiger charge is -2.34. The van der Waals surface area contributed by atoms with Crippen LogP contribution in [0.25, 0.3) is 22.4 Å². The van der Waals surface area contributed by atoms with Gasteiger partial charge in [0.2, 0.25) is 5.91 Å². The van der Waals surface area contributed by atoms with Crippen LogP contribution in [0.4, 0.5) is 0 Å². The van der Waals surface area contributed by atoms with Gasteiger partial charge in [-0.25, -0.2) is 4.98 Å². The number of imidazole rings is 1. The van der Waals surface area contributed by atoms with Gasteiger partial charge in [0, 0.05) is 6.54 Å². The number of hydrogen-bond acceptors (Lipinski definition) is 3. The number of hydrogen-bond donors (Lipinski definition) is 1. The highest BCUT2D eigenvalue weighted by Gasteiger charge is 2.37. The lowest BCUT2D eigenvalue weighted by molar-refractivity contribution is -0.138. The zero-order valence-corrected chi connectivity index (χ0v) is 21.1. The molecule has 1 aliphatic rings. The maximum Gasteiger partial charge on any atom is 0.245 e. The summed E-state index contributed by atoms with van der Waals surface area (Å²) in [4.78, 5) is 26.5. The van der Waals surface area contributed by atoms with Crippen LogP contribution in [-0.4, -0.2) is 45.3 Å². The van der Waals surface area contributed by atoms with E-state index in [9.17, 15) is 4.79 Å². The Morgan fingerprint density at radius 2 is 1.53 bits per heavy atom. The number of carbonyl (C=O) groups excluding carboxylic acids is 1. The maximum absolute atomic E-state index is 14.0. The second-order valence-corrected chi connectivity index (χ2v) is 9.35. The number of benzene rings is 3. The third kappa shape index (κ3) is 4.84. The Bertz CT molecular complexity index is 1260. The molecule has 0 radical (unpaired) electrons. The minimum atomic E-state index is -0.276. The molecule has 1 saturated heterocycles. The van der Waals surface area contributed by atoms with E-state index in [4.69, 9.17) is 4.98 Å². The number of rotatable bonds is 8. The van der Waals surface area contributed by atoms with E-state index < -0.39 is 0 Å². The van der Waals surface area contributed by atoms with Crippen LogP contribution in [0.1, 0.15) is 50.2 Å². The van der Waals surface area contributed by atoms with E-state index in [0.29, 0.717) is 0 Å². The van der Waals surface area contributed by atoms with Crippen molar-refractivity contribution in [1.82, 2.24) is 19.8 Å². The Morgan fingerprint density at radius 1 is 0.917 bits per heavy atom. The molecule has 0 saturated carbocycles. The van der Waals surface area contributed by atoms with E-state index in [1.807, 2.05) is 35.4 Å². The molecule has 184 valence electrons. The molecule has 0 bridgehead atoms. The average Bonchev–Trinajstić information content (AvgIpc) is 3.63. The molecule has 2 atom stereocenters. The number of nitrogens with zero attached hydrogens (tertiary/aromatic N) is 3. The minimum Gasteiger partial charge on any atom is -0.340 e. The summed E-state index contributed by atoms with van der Waals surface area (Å²) in [5.41, 5.74) is 5.52. The fourth-order valence-electron chi connectivity index (χ4n) is 5.33. The second-order valence-electron chi connectivity index (χ2n) is 9.35. The van der Waals surface area contributed by atoms with Crippen LogP contribution >= 0.6 is 0 Å². The zero-order valence-electron chi connectivity index (χ0n) is 21.1. The van der Waals surface area contributed by atoms with Crippen molar-refractivity contribution in [3.63, 3.8) is 0 Å². The van der Waals surface area contributed by atoms with Crippen molar-refractivity contribution in [3.05, 3.63) is 103 Å². The second kappa shape index (κ2) is 10.9. The molecule has 2 heterocycles. The highest BCUT2D eigenvalue weighted by molar-refractivity contribution is 5.84. The quantitative estimate of drug-likeness (QED) is 0.315. The van der Waals surface area contributed by atoms with E-state index >= 15 is 0 Å². The molecule has 1 N–H and O–H groups in total. The van der Waals surface area contributed by atoms with E-state index in [0.717, 1.165) is 55.1 Å². The van der Waals surface area contributed by atoms with Gasteiger partial charge in [0.05, 0.1) is 17.9 Å². The summed E-state index contributed by atoms with van der Waals surface area (Å²) in [6, 6.07) is 28.8. The number of nitrogens with one attached hydrogen (secondary N) is 1. The van der Waals surface area contributed by atoms with Crippen LogP contribution in [0.2, 0.25) is 0 Å². The number of aromatic amines is 1. The summed E-state index contributed by atoms with van der Waals surface area (Å²) in [5, 5.41) is 0. The SMILES string of the molecule is CCN(CC)[C@H](C(=O)N1CCCC1c1ncc(-c2ccc(-c3ccccc3)cc2)[nH]1)c1ccccc1. The molecule has 5 rings (SSSR count). The normalized spacial score (nSPS) is 16.4. The van der Waals surface area contributed by atoms with Gasteiger partial charge in [0.25, 0.3) is 0 Å². The summed E-state index contributed by atoms with van der Waals surface area (Å²) >= 11 is 0. The van der Waals surface area contributed by atoms with Gasteiger partial charge in [-0.05, 0) is 48.2 Å². The van der Waals surface area contributed by atoms with E-state index in [-0.39, 0.29) is 18.0 Å². The van der Waals surface area contributed by atoms with E-state index in [1.165, 1.54) is 11.1 Å². The third-order valence-electron chi connectivity index (χ3n) is 7.28. The highest BCUT2D eigenvalue weighted by atomic mass is 16.2. The molecule has 1 aliphatic heterocycles. The van der Waals surface area contributed by atoms with Crippen LogP contribution in [0, 0.1) is 0 Å². The molecule has 1 aromatic heterocycles. The van der Waals surface area contributed by atoms with Crippen LogP contribution in [0.15, 0.2) is 91.1 Å². The van der Waals surface area contributed by atoms with Crippen molar-refractivity contribution in [2.75, 3.05) is 19.6 Å². The average molecular weight is 479 g/mol. The lowest BCUT2D eigenvalue weighted by Crippen LogP contribution is -2.43. The van der Waals surface area contributed by atoms with Crippen molar-refractivity contribution in [2.45, 2.75) is 38.8 Å². The molecule has 1 fully saturated rings. The number of likely N-dealkylation sites (N-methyl/N-ethyl adjacent to an activating group) is 1. The minimum absolute atomic E-state index is 0.0309. The number of carbonyl (C=O) groups is 1. The maximum atomic E-state index is 14.0. The van der Waals surface area contributed by atoms with Gasteiger partial charge < -0.3 is 9.88 Å². The first-order valence-electron chi connectivity index (χ1n) is 13.0.